The summed E-state index contributed by atoms with van der Waals surface area (Å²) in [4.78, 5) is 41.6. The van der Waals surface area contributed by atoms with E-state index in [0.717, 1.165) is 18.4 Å². The summed E-state index contributed by atoms with van der Waals surface area (Å²) in [5, 5.41) is 2.91. The van der Waals surface area contributed by atoms with Crippen molar-refractivity contribution in [1.82, 2.24) is 9.80 Å². The molecule has 14 heteroatoms. The third-order valence-corrected chi connectivity index (χ3v) is 7.69. The Hall–Kier alpha value is -3.97. The van der Waals surface area contributed by atoms with Gasteiger partial charge in [0.2, 0.25) is 5.91 Å². The van der Waals surface area contributed by atoms with Gasteiger partial charge in [-0.15, -0.1) is 0 Å². The minimum Gasteiger partial charge on any atom is -0.469 e. The molecule has 1 saturated heterocycles. The van der Waals surface area contributed by atoms with E-state index >= 15 is 0 Å². The Kier molecular flexibility index (Phi) is 8.92. The van der Waals surface area contributed by atoms with E-state index in [-0.39, 0.29) is 25.2 Å². The van der Waals surface area contributed by atoms with Crippen LogP contribution in [0.3, 0.4) is 0 Å². The number of rotatable bonds is 6. The fourth-order valence-corrected chi connectivity index (χ4v) is 5.49. The lowest BCUT2D eigenvalue weighted by Crippen LogP contribution is -2.50. The average molecular weight is 601 g/mol. The smallest absolute Gasteiger partial charge is 0.418 e. The largest absolute Gasteiger partial charge is 0.469 e. The third-order valence-electron chi connectivity index (χ3n) is 7.69. The van der Waals surface area contributed by atoms with E-state index in [1.165, 1.54) is 4.90 Å². The number of nitrogen functional groups attached to an aromatic ring is 1. The molecule has 2 aliphatic rings. The van der Waals surface area contributed by atoms with Crippen molar-refractivity contribution in [2.45, 2.75) is 50.5 Å². The molecular formula is C28H30F6N4O4. The molecule has 3 amide bonds. The maximum Gasteiger partial charge on any atom is 0.418 e. The predicted octanol–water partition coefficient (Wildman–Crippen LogP) is 5.11. The summed E-state index contributed by atoms with van der Waals surface area (Å²) in [7, 11) is 1.01. The molecule has 0 unspecified atom stereocenters. The number of hydrogen-bond donors (Lipinski definition) is 2. The number of para-hydroxylation sites is 1. The molecular weight excluding hydrogens is 570 g/mol. The first-order valence-electron chi connectivity index (χ1n) is 13.3. The monoisotopic (exact) mass is 600 g/mol. The third kappa shape index (κ3) is 6.90. The summed E-state index contributed by atoms with van der Waals surface area (Å²) in [5.41, 5.74) is 1.69. The number of halogens is 6. The molecule has 1 fully saturated rings. The summed E-state index contributed by atoms with van der Waals surface area (Å²) >= 11 is 0. The Morgan fingerprint density at radius 2 is 1.62 bits per heavy atom. The van der Waals surface area contributed by atoms with Crippen LogP contribution in [0.2, 0.25) is 0 Å². The highest BCUT2D eigenvalue weighted by Gasteiger charge is 2.41. The van der Waals surface area contributed by atoms with Gasteiger partial charge in [-0.2, -0.15) is 26.3 Å². The second-order valence-electron chi connectivity index (χ2n) is 10.4. The first kappa shape index (κ1) is 31.0. The number of hydrogen-bond acceptors (Lipinski definition) is 5. The van der Waals surface area contributed by atoms with E-state index in [2.05, 4.69) is 5.32 Å². The number of carbonyl (C=O) groups is 3. The molecule has 2 aromatic rings. The van der Waals surface area contributed by atoms with Gasteiger partial charge < -0.3 is 25.6 Å². The van der Waals surface area contributed by atoms with Crippen molar-refractivity contribution >= 4 is 29.3 Å². The second-order valence-corrected chi connectivity index (χ2v) is 10.4. The number of nitrogens with one attached hydrogen (secondary N) is 1. The normalized spacial score (nSPS) is 17.3. The van der Waals surface area contributed by atoms with Crippen molar-refractivity contribution in [2.24, 2.45) is 5.92 Å². The number of likely N-dealkylation sites (tertiary alicyclic amines) is 1. The number of alkyl halides is 6. The number of piperidine rings is 1. The van der Waals surface area contributed by atoms with Crippen LogP contribution in [0.1, 0.15) is 41.5 Å². The van der Waals surface area contributed by atoms with Gasteiger partial charge in [-0.3, -0.25) is 9.59 Å². The first-order valence-corrected chi connectivity index (χ1v) is 13.3. The summed E-state index contributed by atoms with van der Waals surface area (Å²) in [6, 6.07) is 8.03. The molecule has 8 nitrogen and oxygen atoms in total. The first-order chi connectivity index (χ1) is 19.7. The second kappa shape index (κ2) is 12.1. The standard InChI is InChI=1S/C28H30F6N4O4/c1-42-25(40)18(12-16-13-20(27(29,30)31)24(35)21(14-16)28(32,33)34)15-23(39)37-9-7-19(8-10-37)38-11-6-17-4-2-3-5-22(17)36-26(38)41/h2-5,13-14,18-19H,6-12,15,35H2,1H3,(H,36,41)/t18-/m0/s1. The van der Waals surface area contributed by atoms with Crippen molar-refractivity contribution in [3.8, 4) is 0 Å². The van der Waals surface area contributed by atoms with E-state index in [1.807, 2.05) is 24.3 Å². The van der Waals surface area contributed by atoms with Gasteiger partial charge in [0.1, 0.15) is 0 Å². The van der Waals surface area contributed by atoms with E-state index < -0.39 is 65.4 Å². The number of benzene rings is 2. The van der Waals surface area contributed by atoms with Crippen LogP contribution in [-0.4, -0.2) is 60.5 Å². The van der Waals surface area contributed by atoms with Crippen LogP contribution in [0.5, 0.6) is 0 Å². The van der Waals surface area contributed by atoms with Gasteiger partial charge in [0.05, 0.1) is 29.8 Å². The van der Waals surface area contributed by atoms with Crippen molar-refractivity contribution in [2.75, 3.05) is 37.8 Å². The van der Waals surface area contributed by atoms with Gasteiger partial charge in [0, 0.05) is 37.8 Å². The van der Waals surface area contributed by atoms with Crippen molar-refractivity contribution in [3.63, 3.8) is 0 Å². The van der Waals surface area contributed by atoms with E-state index in [0.29, 0.717) is 37.9 Å². The minimum atomic E-state index is -5.17. The molecule has 0 bridgehead atoms. The molecule has 0 radical (unpaired) electrons. The van der Waals surface area contributed by atoms with Crippen LogP contribution >= 0.6 is 0 Å². The highest BCUT2D eigenvalue weighted by atomic mass is 19.4. The van der Waals surface area contributed by atoms with Gasteiger partial charge in [0.15, 0.2) is 0 Å². The van der Waals surface area contributed by atoms with Crippen LogP contribution in [0.4, 0.5) is 42.5 Å². The lowest BCUT2D eigenvalue weighted by Gasteiger charge is -2.38. The van der Waals surface area contributed by atoms with Crippen molar-refractivity contribution < 1.29 is 45.5 Å². The number of nitrogens with two attached hydrogens (primary N) is 1. The number of esters is 1. The van der Waals surface area contributed by atoms with Gasteiger partial charge in [0.25, 0.3) is 0 Å². The topological polar surface area (TPSA) is 105 Å². The van der Waals surface area contributed by atoms with E-state index in [4.69, 9.17) is 10.5 Å². The number of fused-ring (bicyclic) bond motifs is 1. The number of carbonyl (C=O) groups excluding carboxylic acids is 3. The number of anilines is 2. The van der Waals surface area contributed by atoms with E-state index in [1.54, 1.807) is 4.90 Å². The molecule has 1 atom stereocenters. The minimum absolute atomic E-state index is 0.142. The zero-order valence-electron chi connectivity index (χ0n) is 22.6. The van der Waals surface area contributed by atoms with Gasteiger partial charge in [-0.25, -0.2) is 4.79 Å². The Balaban J connectivity index is 1.43. The van der Waals surface area contributed by atoms with Gasteiger partial charge in [-0.05, 0) is 55.0 Å². The molecule has 0 aromatic heterocycles. The molecule has 4 rings (SSSR count). The van der Waals surface area contributed by atoms with Crippen LogP contribution < -0.4 is 11.1 Å². The van der Waals surface area contributed by atoms with Crippen molar-refractivity contribution in [3.05, 3.63) is 58.7 Å². The lowest BCUT2D eigenvalue weighted by molar-refractivity contribution is -0.149. The van der Waals surface area contributed by atoms with Crippen molar-refractivity contribution in [1.29, 1.82) is 0 Å². The fraction of sp³-hybridized carbons (Fsp3) is 0.464. The number of methoxy groups -OCH3 is 1. The number of amides is 3. The van der Waals surface area contributed by atoms with Crippen LogP contribution in [0.15, 0.2) is 36.4 Å². The summed E-state index contributed by atoms with van der Waals surface area (Å²) in [6.07, 6.45) is -9.85. The van der Waals surface area contributed by atoms with Crippen LogP contribution in [0.25, 0.3) is 0 Å². The molecule has 2 heterocycles. The zero-order chi connectivity index (χ0) is 30.8. The van der Waals surface area contributed by atoms with E-state index in [9.17, 15) is 40.7 Å². The average Bonchev–Trinajstić information content (AvgIpc) is 3.09. The molecule has 3 N–H and O–H groups in total. The highest BCUT2D eigenvalue weighted by Crippen LogP contribution is 2.42. The molecule has 0 spiro atoms. The number of ether oxygens (including phenoxy) is 1. The maximum absolute atomic E-state index is 13.5. The Morgan fingerprint density at radius 1 is 1.02 bits per heavy atom. The van der Waals surface area contributed by atoms with Gasteiger partial charge >= 0.3 is 24.4 Å². The Labute approximate surface area is 237 Å². The molecule has 228 valence electrons. The molecule has 2 aromatic carbocycles. The fourth-order valence-electron chi connectivity index (χ4n) is 5.49. The summed E-state index contributed by atoms with van der Waals surface area (Å²) in [6.45, 7) is 1.01. The van der Waals surface area contributed by atoms with Crippen LogP contribution in [0, 0.1) is 5.92 Å². The van der Waals surface area contributed by atoms with Gasteiger partial charge in [-0.1, -0.05) is 18.2 Å². The summed E-state index contributed by atoms with van der Waals surface area (Å²) in [5.74, 6) is -2.78. The molecule has 2 aliphatic heterocycles. The SMILES string of the molecule is COC(=O)[C@H](CC(=O)N1CCC(N2CCc3ccccc3NC2=O)CC1)Cc1cc(C(F)(F)F)c(N)c(C(F)(F)F)c1. The predicted molar refractivity (Wildman–Crippen MR) is 140 cm³/mol. The molecule has 42 heavy (non-hydrogen) atoms. The number of nitrogens with zero attached hydrogens (tertiary/aromatic N) is 2. The zero-order valence-corrected chi connectivity index (χ0v) is 22.6. The maximum atomic E-state index is 13.5. The Bertz CT molecular complexity index is 1300. The highest BCUT2D eigenvalue weighted by molar-refractivity contribution is 5.91. The lowest BCUT2D eigenvalue weighted by atomic mass is 9.91. The Morgan fingerprint density at radius 3 is 2.19 bits per heavy atom. The number of urea groups is 1. The molecule has 0 aliphatic carbocycles. The summed E-state index contributed by atoms with van der Waals surface area (Å²) < 4.78 is 85.5. The quantitative estimate of drug-likeness (QED) is 0.273. The molecule has 0 saturated carbocycles. The van der Waals surface area contributed by atoms with Crippen LogP contribution in [-0.2, 0) is 39.5 Å².